The Bertz CT molecular complexity index is 715. The van der Waals surface area contributed by atoms with Gasteiger partial charge in [-0.1, -0.05) is 42.5 Å². The number of alkyl halides is 2. The van der Waals surface area contributed by atoms with Crippen LogP contribution in [0.1, 0.15) is 15.9 Å². The Hall–Kier alpha value is -1.84. The summed E-state index contributed by atoms with van der Waals surface area (Å²) in [5.74, 6) is -0.893. The number of hydrogen-bond donors (Lipinski definition) is 1. The summed E-state index contributed by atoms with van der Waals surface area (Å²) in [6, 6.07) is 15.5. The molecule has 5 heteroatoms. The number of nitrogens with one attached hydrogen (secondary N) is 1. The van der Waals surface area contributed by atoms with Crippen LogP contribution in [-0.4, -0.2) is 16.5 Å². The number of benzene rings is 2. The monoisotopic (exact) mass is 319 g/mol. The third kappa shape index (κ3) is 1.96. The molecule has 21 heavy (non-hydrogen) atoms. The Labute approximate surface area is 131 Å². The van der Waals surface area contributed by atoms with Crippen molar-refractivity contribution in [2.24, 2.45) is 0 Å². The van der Waals surface area contributed by atoms with Crippen LogP contribution in [0.2, 0.25) is 0 Å². The average molecular weight is 320 g/mol. The first kappa shape index (κ1) is 14.1. The summed E-state index contributed by atoms with van der Waals surface area (Å²) in [7, 11) is 0. The normalized spacial score (nSPS) is 21.1. The van der Waals surface area contributed by atoms with Gasteiger partial charge in [-0.2, -0.15) is 0 Å². The van der Waals surface area contributed by atoms with Crippen molar-refractivity contribution < 1.29 is 9.59 Å². The third-order valence-electron chi connectivity index (χ3n) is 3.69. The van der Waals surface area contributed by atoms with Crippen molar-refractivity contribution in [2.45, 2.75) is 10.3 Å². The summed E-state index contributed by atoms with van der Waals surface area (Å²) in [5.41, 5.74) is -0.254. The number of carbonyl (C=O) groups excluding carboxylic acids is 2. The third-order valence-corrected chi connectivity index (χ3v) is 4.35. The maximum absolute atomic E-state index is 13.0. The maximum atomic E-state index is 13.0. The Morgan fingerprint density at radius 3 is 2.19 bits per heavy atom. The van der Waals surface area contributed by atoms with E-state index < -0.39 is 16.2 Å². The van der Waals surface area contributed by atoms with Crippen molar-refractivity contribution in [1.82, 2.24) is 0 Å². The van der Waals surface area contributed by atoms with Gasteiger partial charge < -0.3 is 5.32 Å². The number of para-hydroxylation sites is 1. The zero-order chi connectivity index (χ0) is 15.0. The summed E-state index contributed by atoms with van der Waals surface area (Å²) in [6.07, 6.45) is 0. The van der Waals surface area contributed by atoms with E-state index in [1.54, 1.807) is 54.6 Å². The van der Waals surface area contributed by atoms with Gasteiger partial charge >= 0.3 is 0 Å². The quantitative estimate of drug-likeness (QED) is 0.679. The van der Waals surface area contributed by atoms with Crippen LogP contribution >= 0.6 is 23.2 Å². The smallest absolute Gasteiger partial charge is 0.245 e. The summed E-state index contributed by atoms with van der Waals surface area (Å²) in [5, 5.41) is 2.73. The second kappa shape index (κ2) is 5.17. The number of Topliss-reactive ketones (excluding diaryl/α,β-unsaturated/α-hetero) is 1. The molecular formula is C16H11Cl2NO2. The van der Waals surface area contributed by atoms with E-state index in [-0.39, 0.29) is 5.78 Å². The molecule has 3 rings (SSSR count). The summed E-state index contributed by atoms with van der Waals surface area (Å²) < 4.78 is 0. The van der Waals surface area contributed by atoms with Crippen molar-refractivity contribution in [1.29, 1.82) is 0 Å². The van der Waals surface area contributed by atoms with Gasteiger partial charge in [-0.25, -0.2) is 0 Å². The Balaban J connectivity index is 2.27. The molecule has 1 aliphatic heterocycles. The highest BCUT2D eigenvalue weighted by Gasteiger charge is 2.55. The van der Waals surface area contributed by atoms with Crippen molar-refractivity contribution >= 4 is 40.6 Å². The highest BCUT2D eigenvalue weighted by Crippen LogP contribution is 2.42. The number of anilines is 1. The number of ketones is 1. The van der Waals surface area contributed by atoms with Gasteiger partial charge in [-0.15, -0.1) is 23.2 Å². The number of halogens is 2. The lowest BCUT2D eigenvalue weighted by Gasteiger charge is -2.36. The summed E-state index contributed by atoms with van der Waals surface area (Å²) in [6.45, 7) is 0. The van der Waals surface area contributed by atoms with E-state index in [0.717, 1.165) is 0 Å². The lowest BCUT2D eigenvalue weighted by Crippen LogP contribution is -2.54. The van der Waals surface area contributed by atoms with E-state index in [1.165, 1.54) is 0 Å². The van der Waals surface area contributed by atoms with Gasteiger partial charge in [0.2, 0.25) is 5.91 Å². The second-order valence-corrected chi connectivity index (χ2v) is 5.90. The molecule has 0 aromatic heterocycles. The molecule has 106 valence electrons. The Morgan fingerprint density at radius 1 is 0.905 bits per heavy atom. The first-order valence-corrected chi connectivity index (χ1v) is 7.24. The second-order valence-electron chi connectivity index (χ2n) is 4.80. The predicted octanol–water partition coefficient (Wildman–Crippen LogP) is 3.56. The summed E-state index contributed by atoms with van der Waals surface area (Å²) in [4.78, 5) is 24.4. The Kier molecular flexibility index (Phi) is 3.47. The fraction of sp³-hybridized carbons (Fsp3) is 0.125. The molecule has 2 aromatic rings. The molecule has 0 bridgehead atoms. The zero-order valence-electron chi connectivity index (χ0n) is 10.8. The lowest BCUT2D eigenvalue weighted by atomic mass is 9.72. The van der Waals surface area contributed by atoms with Crippen LogP contribution in [0.3, 0.4) is 0 Å². The van der Waals surface area contributed by atoms with Gasteiger partial charge in [-0.05, 0) is 17.7 Å². The molecule has 1 N–H and O–H groups in total. The molecule has 2 aromatic carbocycles. The number of amides is 1. The van der Waals surface area contributed by atoms with Crippen LogP contribution in [0.4, 0.5) is 5.69 Å². The molecule has 3 nitrogen and oxygen atoms in total. The molecule has 0 aliphatic carbocycles. The van der Waals surface area contributed by atoms with Gasteiger partial charge in [-0.3, -0.25) is 9.59 Å². The minimum absolute atomic E-state index is 0.386. The standard InChI is InChI=1S/C16H11Cl2NO2/c17-14(18)16(10-6-2-1-3-7-10)13(20)11-8-4-5-9-12(11)19-15(16)21/h1-9,14H,(H,19,21). The van der Waals surface area contributed by atoms with Crippen LogP contribution in [0.15, 0.2) is 54.6 Å². The van der Waals surface area contributed by atoms with E-state index in [1.807, 2.05) is 0 Å². The highest BCUT2D eigenvalue weighted by molar-refractivity contribution is 6.50. The van der Waals surface area contributed by atoms with Crippen LogP contribution in [0, 0.1) is 0 Å². The first-order chi connectivity index (χ1) is 10.1. The van der Waals surface area contributed by atoms with Gasteiger partial charge in [0.25, 0.3) is 0 Å². The number of carbonyl (C=O) groups is 2. The molecule has 0 saturated carbocycles. The molecule has 0 saturated heterocycles. The van der Waals surface area contributed by atoms with E-state index in [0.29, 0.717) is 16.8 Å². The van der Waals surface area contributed by atoms with E-state index in [9.17, 15) is 9.59 Å². The molecule has 1 heterocycles. The number of rotatable bonds is 2. The predicted molar refractivity (Wildman–Crippen MR) is 83.0 cm³/mol. The fourth-order valence-electron chi connectivity index (χ4n) is 2.61. The largest absolute Gasteiger partial charge is 0.324 e. The minimum Gasteiger partial charge on any atom is -0.324 e. The lowest BCUT2D eigenvalue weighted by molar-refractivity contribution is -0.119. The van der Waals surface area contributed by atoms with Gasteiger partial charge in [0.05, 0.1) is 5.69 Å². The van der Waals surface area contributed by atoms with E-state index in [2.05, 4.69) is 5.32 Å². The SMILES string of the molecule is O=C1Nc2ccccc2C(=O)C1(c1ccccc1)C(Cl)Cl. The average Bonchev–Trinajstić information content (AvgIpc) is 2.48. The highest BCUT2D eigenvalue weighted by atomic mass is 35.5. The van der Waals surface area contributed by atoms with Crippen LogP contribution in [0.25, 0.3) is 0 Å². The first-order valence-electron chi connectivity index (χ1n) is 6.37. The maximum Gasteiger partial charge on any atom is 0.245 e. The van der Waals surface area contributed by atoms with Crippen molar-refractivity contribution in [3.05, 3.63) is 65.7 Å². The van der Waals surface area contributed by atoms with Crippen LogP contribution < -0.4 is 5.32 Å². The van der Waals surface area contributed by atoms with Crippen molar-refractivity contribution in [3.63, 3.8) is 0 Å². The van der Waals surface area contributed by atoms with Crippen molar-refractivity contribution in [3.8, 4) is 0 Å². The number of fused-ring (bicyclic) bond motifs is 1. The van der Waals surface area contributed by atoms with E-state index >= 15 is 0 Å². The molecule has 0 spiro atoms. The zero-order valence-corrected chi connectivity index (χ0v) is 12.4. The minimum atomic E-state index is -1.63. The van der Waals surface area contributed by atoms with Crippen LogP contribution in [0.5, 0.6) is 0 Å². The molecule has 0 fully saturated rings. The van der Waals surface area contributed by atoms with Gasteiger partial charge in [0.1, 0.15) is 4.84 Å². The fourth-order valence-corrected chi connectivity index (χ4v) is 3.26. The van der Waals surface area contributed by atoms with Gasteiger partial charge in [0, 0.05) is 5.56 Å². The molecular weight excluding hydrogens is 309 g/mol. The van der Waals surface area contributed by atoms with Gasteiger partial charge in [0.15, 0.2) is 11.2 Å². The number of hydrogen-bond acceptors (Lipinski definition) is 2. The molecule has 0 radical (unpaired) electrons. The summed E-state index contributed by atoms with van der Waals surface area (Å²) >= 11 is 12.2. The topological polar surface area (TPSA) is 46.2 Å². The van der Waals surface area contributed by atoms with Crippen LogP contribution in [-0.2, 0) is 10.2 Å². The molecule has 1 unspecified atom stereocenters. The Morgan fingerprint density at radius 2 is 1.52 bits per heavy atom. The molecule has 1 atom stereocenters. The molecule has 1 aliphatic rings. The molecule has 1 amide bonds. The van der Waals surface area contributed by atoms with E-state index in [4.69, 9.17) is 23.2 Å². The van der Waals surface area contributed by atoms with Crippen molar-refractivity contribution in [2.75, 3.05) is 5.32 Å².